The highest BCUT2D eigenvalue weighted by atomic mass is 16.6. The fourth-order valence-corrected chi connectivity index (χ4v) is 8.01. The molecule has 0 rings (SSSR count). The lowest BCUT2D eigenvalue weighted by atomic mass is 10.1. The maximum Gasteiger partial charge on any atom is 0.306 e. The number of hydrogen-bond donors (Lipinski definition) is 0. The predicted octanol–water partition coefficient (Wildman–Crippen LogP) is 21.9. The molecule has 0 aromatic rings. The zero-order valence-corrected chi connectivity index (χ0v) is 50.6. The summed E-state index contributed by atoms with van der Waals surface area (Å²) in [5, 5.41) is 0. The van der Waals surface area contributed by atoms with Gasteiger partial charge in [0.05, 0.1) is 0 Å². The minimum Gasteiger partial charge on any atom is -0.462 e. The summed E-state index contributed by atoms with van der Waals surface area (Å²) >= 11 is 0. The molecule has 79 heavy (non-hydrogen) atoms. The Morgan fingerprint density at radius 2 is 0.494 bits per heavy atom. The summed E-state index contributed by atoms with van der Waals surface area (Å²) < 4.78 is 16.8. The van der Waals surface area contributed by atoms with Crippen LogP contribution in [0, 0.1) is 0 Å². The molecule has 1 unspecified atom stereocenters. The Morgan fingerprint density at radius 3 is 0.823 bits per heavy atom. The first-order valence-corrected chi connectivity index (χ1v) is 31.6. The molecule has 0 saturated heterocycles. The van der Waals surface area contributed by atoms with Crippen molar-refractivity contribution in [3.05, 3.63) is 170 Å². The molecule has 0 N–H and O–H groups in total. The molecule has 0 spiro atoms. The van der Waals surface area contributed by atoms with Crippen LogP contribution in [-0.2, 0) is 28.6 Å². The normalized spacial score (nSPS) is 13.3. The van der Waals surface area contributed by atoms with Crippen molar-refractivity contribution in [1.29, 1.82) is 0 Å². The minimum atomic E-state index is -0.828. The van der Waals surface area contributed by atoms with Crippen molar-refractivity contribution >= 4 is 17.9 Å². The van der Waals surface area contributed by atoms with Crippen LogP contribution >= 0.6 is 0 Å². The second-order valence-corrected chi connectivity index (χ2v) is 20.2. The molecule has 0 radical (unpaired) electrons. The zero-order chi connectivity index (χ0) is 57.1. The molecular formula is C73H114O6. The van der Waals surface area contributed by atoms with E-state index in [0.717, 1.165) is 148 Å². The van der Waals surface area contributed by atoms with E-state index in [4.69, 9.17) is 14.2 Å². The van der Waals surface area contributed by atoms with Crippen molar-refractivity contribution in [1.82, 2.24) is 0 Å². The standard InChI is InChI=1S/C73H114O6/c1-4-7-10-13-16-19-22-25-28-30-32-33-34-35-36-37-38-39-41-42-45-48-51-54-57-60-63-66-72(75)78-69-70(68-77-71(74)65-62-59-56-53-50-47-44-27-24-21-18-15-12-9-6-3)79-73(76)67-64-61-58-55-52-49-46-43-40-31-29-26-23-20-17-14-11-8-5-2/h7-8,10-11,16-17,19-20,25-29,32-33,35-36,38-40,42-45,49,51-52,54,70H,4-6,9,12-15,18,21-24,30-31,34,37,41,46-48,50,53,55-69H2,1-3H3/b10-7-,11-8-,19-16-,20-17-,28-25-,29-26-,33-32-,36-35-,39-38-,43-40-,44-27-,45-42-,52-49-,54-51-. The van der Waals surface area contributed by atoms with E-state index >= 15 is 0 Å². The third-order valence-corrected chi connectivity index (χ3v) is 12.7. The van der Waals surface area contributed by atoms with Crippen LogP contribution in [-0.4, -0.2) is 37.2 Å². The van der Waals surface area contributed by atoms with E-state index in [0.29, 0.717) is 19.3 Å². The van der Waals surface area contributed by atoms with Gasteiger partial charge < -0.3 is 14.2 Å². The molecule has 0 fully saturated rings. The van der Waals surface area contributed by atoms with E-state index in [1.807, 2.05) is 0 Å². The third-order valence-electron chi connectivity index (χ3n) is 12.7. The number of ether oxygens (including phenoxy) is 3. The monoisotopic (exact) mass is 1090 g/mol. The highest BCUT2D eigenvalue weighted by molar-refractivity contribution is 5.71. The Balaban J connectivity index is 4.54. The first-order valence-electron chi connectivity index (χ1n) is 31.6. The Labute approximate surface area is 485 Å². The number of rotatable bonds is 55. The van der Waals surface area contributed by atoms with Gasteiger partial charge in [-0.05, 0) is 154 Å². The zero-order valence-electron chi connectivity index (χ0n) is 50.6. The van der Waals surface area contributed by atoms with Crippen LogP contribution in [0.1, 0.15) is 252 Å². The maximum absolute atomic E-state index is 12.9. The van der Waals surface area contributed by atoms with Crippen molar-refractivity contribution in [2.75, 3.05) is 13.2 Å². The number of esters is 3. The smallest absolute Gasteiger partial charge is 0.306 e. The van der Waals surface area contributed by atoms with Crippen LogP contribution in [0.5, 0.6) is 0 Å². The second-order valence-electron chi connectivity index (χ2n) is 20.2. The van der Waals surface area contributed by atoms with Crippen molar-refractivity contribution in [3.8, 4) is 0 Å². The van der Waals surface area contributed by atoms with Crippen LogP contribution in [0.3, 0.4) is 0 Å². The van der Waals surface area contributed by atoms with Gasteiger partial charge in [0, 0.05) is 19.3 Å². The number of allylic oxidation sites excluding steroid dienone is 28. The topological polar surface area (TPSA) is 78.9 Å². The lowest BCUT2D eigenvalue weighted by molar-refractivity contribution is -0.167. The van der Waals surface area contributed by atoms with Crippen LogP contribution in [0.15, 0.2) is 170 Å². The highest BCUT2D eigenvalue weighted by Gasteiger charge is 2.19. The van der Waals surface area contributed by atoms with Gasteiger partial charge in [0.2, 0.25) is 0 Å². The molecule has 6 nitrogen and oxygen atoms in total. The van der Waals surface area contributed by atoms with Gasteiger partial charge in [0.1, 0.15) is 13.2 Å². The van der Waals surface area contributed by atoms with Gasteiger partial charge in [-0.2, -0.15) is 0 Å². The van der Waals surface area contributed by atoms with E-state index in [9.17, 15) is 14.4 Å². The van der Waals surface area contributed by atoms with E-state index in [-0.39, 0.29) is 44.0 Å². The maximum atomic E-state index is 12.9. The first kappa shape index (κ1) is 73.8. The SMILES string of the molecule is CC/C=C\C/C=C\C/C=C\C/C=C\C/C=C\C/C=C\C/C=C\C/C=C\CCCCC(=O)OCC(COC(=O)CCCCCCC/C=C\CCCCCCCC)OC(=O)CCCCC/C=C\C/C=C\C/C=C\C/C=C\C/C=C\CC. The molecule has 0 aliphatic rings. The summed E-state index contributed by atoms with van der Waals surface area (Å²) in [5.74, 6) is -1.01. The van der Waals surface area contributed by atoms with E-state index in [1.165, 1.54) is 51.4 Å². The summed E-state index contributed by atoms with van der Waals surface area (Å²) in [4.78, 5) is 38.3. The van der Waals surface area contributed by atoms with Gasteiger partial charge in [-0.1, -0.05) is 249 Å². The van der Waals surface area contributed by atoms with Crippen LogP contribution in [0.25, 0.3) is 0 Å². The lowest BCUT2D eigenvalue weighted by Crippen LogP contribution is -2.30. The molecule has 0 aromatic heterocycles. The molecule has 0 amide bonds. The second kappa shape index (κ2) is 65.3. The number of hydrogen-bond acceptors (Lipinski definition) is 6. The summed E-state index contributed by atoms with van der Waals surface area (Å²) in [6.45, 7) is 6.33. The largest absolute Gasteiger partial charge is 0.462 e. The van der Waals surface area contributed by atoms with Gasteiger partial charge in [0.25, 0.3) is 0 Å². The lowest BCUT2D eigenvalue weighted by Gasteiger charge is -2.18. The van der Waals surface area contributed by atoms with Gasteiger partial charge in [0.15, 0.2) is 6.10 Å². The van der Waals surface area contributed by atoms with E-state index in [2.05, 4.69) is 191 Å². The first-order chi connectivity index (χ1) is 39.0. The van der Waals surface area contributed by atoms with Crippen LogP contribution in [0.2, 0.25) is 0 Å². The molecule has 6 heteroatoms. The fourth-order valence-electron chi connectivity index (χ4n) is 8.01. The third kappa shape index (κ3) is 63.5. The van der Waals surface area contributed by atoms with Crippen LogP contribution < -0.4 is 0 Å². The molecule has 0 aliphatic carbocycles. The molecule has 0 aromatic carbocycles. The number of carbonyl (C=O) groups is 3. The van der Waals surface area contributed by atoms with Crippen molar-refractivity contribution in [2.45, 2.75) is 258 Å². The molecule has 0 aliphatic heterocycles. The summed E-state index contributed by atoms with van der Waals surface area (Å²) in [6.07, 6.45) is 96.4. The molecular weight excluding hydrogens is 973 g/mol. The predicted molar refractivity (Wildman–Crippen MR) is 343 cm³/mol. The van der Waals surface area contributed by atoms with E-state index < -0.39 is 6.10 Å². The van der Waals surface area contributed by atoms with Gasteiger partial charge in [-0.15, -0.1) is 0 Å². The average Bonchev–Trinajstić information content (AvgIpc) is 3.45. The Morgan fingerprint density at radius 1 is 0.266 bits per heavy atom. The number of unbranched alkanes of at least 4 members (excludes halogenated alkanes) is 16. The minimum absolute atomic E-state index is 0.117. The molecule has 0 saturated carbocycles. The quantitative estimate of drug-likeness (QED) is 0.0261. The highest BCUT2D eigenvalue weighted by Crippen LogP contribution is 2.13. The van der Waals surface area contributed by atoms with Gasteiger partial charge in [-0.3, -0.25) is 14.4 Å². The molecule has 442 valence electrons. The van der Waals surface area contributed by atoms with Crippen LogP contribution in [0.4, 0.5) is 0 Å². The van der Waals surface area contributed by atoms with Crippen molar-refractivity contribution in [3.63, 3.8) is 0 Å². The summed E-state index contributed by atoms with van der Waals surface area (Å²) in [6, 6.07) is 0. The van der Waals surface area contributed by atoms with Crippen molar-refractivity contribution < 1.29 is 28.6 Å². The summed E-state index contributed by atoms with van der Waals surface area (Å²) in [7, 11) is 0. The Hall–Kier alpha value is -5.23. The summed E-state index contributed by atoms with van der Waals surface area (Å²) in [5.41, 5.74) is 0. The average molecular weight is 1090 g/mol. The molecule has 0 bridgehead atoms. The van der Waals surface area contributed by atoms with Gasteiger partial charge >= 0.3 is 17.9 Å². The number of carbonyl (C=O) groups excluding carboxylic acids is 3. The fraction of sp³-hybridized carbons (Fsp3) is 0.575. The Bertz CT molecular complexity index is 1820. The van der Waals surface area contributed by atoms with Crippen molar-refractivity contribution in [2.24, 2.45) is 0 Å². The van der Waals surface area contributed by atoms with E-state index in [1.54, 1.807) is 0 Å². The van der Waals surface area contributed by atoms with Gasteiger partial charge in [-0.25, -0.2) is 0 Å². The molecule has 1 atom stereocenters. The molecule has 0 heterocycles. The Kier molecular flexibility index (Phi) is 61.0.